The lowest BCUT2D eigenvalue weighted by atomic mass is 9.81. The molecule has 0 amide bonds. The van der Waals surface area contributed by atoms with Gasteiger partial charge in [-0.15, -0.1) is 0 Å². The van der Waals surface area contributed by atoms with Crippen LogP contribution in [0.1, 0.15) is 51.7 Å². The van der Waals surface area contributed by atoms with Crippen molar-refractivity contribution in [2.45, 2.75) is 92.9 Å². The fraction of sp³-hybridized carbons (Fsp3) is 0.514. The zero-order chi connectivity index (χ0) is 37.5. The molecular formula is C35H51N2O9S2Si2-. The second-order valence-electron chi connectivity index (χ2n) is 14.8. The molecule has 0 aromatic heterocycles. The molecule has 0 spiro atoms. The van der Waals surface area contributed by atoms with E-state index in [1.807, 2.05) is 52.5 Å². The number of fused-ring (bicyclic) bond motifs is 2. The first-order valence-corrected chi connectivity index (χ1v) is 25.2. The summed E-state index contributed by atoms with van der Waals surface area (Å²) in [6.45, 7) is 15.7. The third-order valence-electron chi connectivity index (χ3n) is 10.4. The summed E-state index contributed by atoms with van der Waals surface area (Å²) >= 11 is 0. The van der Waals surface area contributed by atoms with Crippen LogP contribution >= 0.6 is 0 Å². The number of hydrogen-bond acceptors (Lipinski definition) is 10. The van der Waals surface area contributed by atoms with Gasteiger partial charge in [-0.05, 0) is 94.0 Å². The Morgan fingerprint density at radius 2 is 1.38 bits per heavy atom. The molecule has 0 bridgehead atoms. The number of nitrogens with zero attached hydrogens (tertiary/aromatic N) is 2. The maximum atomic E-state index is 12.0. The Bertz CT molecular complexity index is 1930. The molecule has 0 N–H and O–H groups in total. The van der Waals surface area contributed by atoms with E-state index in [1.165, 1.54) is 24.3 Å². The Kier molecular flexibility index (Phi) is 11.7. The highest BCUT2D eigenvalue weighted by Crippen LogP contribution is 2.49. The van der Waals surface area contributed by atoms with Crippen molar-refractivity contribution in [3.05, 3.63) is 71.5 Å². The summed E-state index contributed by atoms with van der Waals surface area (Å²) in [6, 6.07) is 10.8. The third-order valence-corrected chi connectivity index (χ3v) is 17.7. The smallest absolute Gasteiger partial charge is 0.334 e. The molecule has 2 aromatic rings. The normalized spacial score (nSPS) is 18.4. The molecule has 50 heavy (non-hydrogen) atoms. The molecule has 0 atom stereocenters. The Labute approximate surface area is 300 Å². The van der Waals surface area contributed by atoms with Gasteiger partial charge in [-0.3, -0.25) is 0 Å². The maximum absolute atomic E-state index is 12.0. The van der Waals surface area contributed by atoms with Crippen LogP contribution < -0.4 is 4.90 Å². The molecule has 4 rings (SSSR count). The Balaban J connectivity index is 1.80. The van der Waals surface area contributed by atoms with Crippen molar-refractivity contribution < 1.29 is 43.8 Å². The van der Waals surface area contributed by atoms with Crippen LogP contribution in [-0.2, 0) is 44.3 Å². The number of benzene rings is 2. The lowest BCUT2D eigenvalue weighted by Crippen LogP contribution is -2.37. The molecule has 0 radical (unpaired) electrons. The highest BCUT2D eigenvalue weighted by molar-refractivity contribution is 7.86. The van der Waals surface area contributed by atoms with E-state index in [1.54, 1.807) is 33.5 Å². The summed E-state index contributed by atoms with van der Waals surface area (Å²) in [5.41, 5.74) is 3.80. The van der Waals surface area contributed by atoms with Gasteiger partial charge in [-0.25, -0.2) is 16.8 Å². The topological polar surface area (TPSA) is 148 Å². The monoisotopic (exact) mass is 763 g/mol. The first kappa shape index (κ1) is 40.3. The van der Waals surface area contributed by atoms with E-state index in [0.717, 1.165) is 58.8 Å². The fourth-order valence-corrected chi connectivity index (χ4v) is 10.5. The minimum atomic E-state index is -4.66. The highest BCUT2D eigenvalue weighted by atomic mass is 32.2. The van der Waals surface area contributed by atoms with Crippen LogP contribution in [0.2, 0.25) is 31.7 Å². The van der Waals surface area contributed by atoms with Crippen molar-refractivity contribution in [3.8, 4) is 0 Å². The second kappa shape index (κ2) is 14.5. The predicted octanol–water partition coefficient (Wildman–Crippen LogP) is 6.11. The van der Waals surface area contributed by atoms with E-state index in [4.69, 9.17) is 13.3 Å². The predicted molar refractivity (Wildman–Crippen MR) is 198 cm³/mol. The summed E-state index contributed by atoms with van der Waals surface area (Å²) in [5.74, 6) is 0. The standard InChI is InChI=1S/C35H52N2O9S2Si2/c1-34(2)28-24-26(47(38,39)40)16-18-30(28)36(20-12-22-49(8,9)44-5)32(34)14-11-15-33-35(3,4)29-25-27(48(41,42)43)17-19-31(29)37(33)21-13-23-50(10,45-6)46-7/h11,14-19,24-25H,12-13,20-23H2,1-10H3,(H-,38,39,40,41,42,43)/p-1. The molecule has 11 nitrogen and oxygen atoms in total. The van der Waals surface area contributed by atoms with Crippen LogP contribution in [0, 0.1) is 0 Å². The molecular weight excluding hydrogens is 713 g/mol. The van der Waals surface area contributed by atoms with Gasteiger partial charge in [0.1, 0.15) is 26.8 Å². The number of allylic oxidation sites excluding steroid dienone is 4. The minimum Gasteiger partial charge on any atom is -0.744 e. The quantitative estimate of drug-likeness (QED) is 0.118. The molecule has 2 heterocycles. The zero-order valence-corrected chi connectivity index (χ0v) is 34.5. The highest BCUT2D eigenvalue weighted by Gasteiger charge is 2.45. The van der Waals surface area contributed by atoms with E-state index in [0.29, 0.717) is 13.1 Å². The van der Waals surface area contributed by atoms with Crippen LogP contribution in [0.15, 0.2) is 70.1 Å². The van der Waals surface area contributed by atoms with Crippen molar-refractivity contribution in [3.63, 3.8) is 0 Å². The third kappa shape index (κ3) is 8.26. The molecule has 0 unspecified atom stereocenters. The first-order chi connectivity index (χ1) is 23.0. The van der Waals surface area contributed by atoms with Crippen molar-refractivity contribution in [1.29, 1.82) is 0 Å². The Morgan fingerprint density at radius 3 is 1.94 bits per heavy atom. The SMILES string of the molecule is CO[Si](C)(C)CCC[N+]1=C(C=CC=C2N(CCC[Si](C)(OC)OC)c3ccc(S(=O)(=O)[O-])cc3C2(C)C)C(C)(C)c2cc(S(=O)(=O)[O-])ccc21. The molecule has 15 heteroatoms. The van der Waals surface area contributed by atoms with E-state index in [2.05, 4.69) is 22.6 Å². The average molecular weight is 764 g/mol. The van der Waals surface area contributed by atoms with E-state index in [9.17, 15) is 25.9 Å². The van der Waals surface area contributed by atoms with Crippen LogP contribution in [-0.4, -0.2) is 87.5 Å². The van der Waals surface area contributed by atoms with Gasteiger partial charge in [-0.1, -0.05) is 19.9 Å². The molecule has 0 fully saturated rings. The van der Waals surface area contributed by atoms with Crippen molar-refractivity contribution in [2.75, 3.05) is 39.3 Å². The molecule has 0 saturated carbocycles. The summed E-state index contributed by atoms with van der Waals surface area (Å²) in [4.78, 5) is 1.64. The van der Waals surface area contributed by atoms with Crippen LogP contribution in [0.4, 0.5) is 11.4 Å². The molecule has 0 saturated heterocycles. The van der Waals surface area contributed by atoms with Crippen LogP contribution in [0.25, 0.3) is 0 Å². The largest absolute Gasteiger partial charge is 0.744 e. The van der Waals surface area contributed by atoms with Gasteiger partial charge in [0.05, 0.1) is 15.2 Å². The Morgan fingerprint density at radius 1 is 0.800 bits per heavy atom. The van der Waals surface area contributed by atoms with Gasteiger partial charge >= 0.3 is 8.56 Å². The summed E-state index contributed by atoms with van der Waals surface area (Å²) in [7, 11) is -8.41. The Hall–Kier alpha value is -2.48. The molecule has 0 aliphatic carbocycles. The summed E-state index contributed by atoms with van der Waals surface area (Å²) < 4.78 is 91.4. The second-order valence-corrected chi connectivity index (χ2v) is 25.6. The van der Waals surface area contributed by atoms with Gasteiger partial charge in [0, 0.05) is 68.8 Å². The zero-order valence-electron chi connectivity index (χ0n) is 30.8. The van der Waals surface area contributed by atoms with Crippen molar-refractivity contribution in [1.82, 2.24) is 0 Å². The number of rotatable bonds is 15. The molecule has 276 valence electrons. The molecule has 2 aliphatic rings. The first-order valence-electron chi connectivity index (χ1n) is 16.7. The van der Waals surface area contributed by atoms with Crippen LogP contribution in [0.3, 0.4) is 0 Å². The molecule has 2 aromatic carbocycles. The minimum absolute atomic E-state index is 0.258. The number of anilines is 1. The van der Waals surface area contributed by atoms with E-state index >= 15 is 0 Å². The van der Waals surface area contributed by atoms with Crippen molar-refractivity contribution >= 4 is 54.2 Å². The van der Waals surface area contributed by atoms with Gasteiger partial charge in [-0.2, -0.15) is 4.58 Å². The average Bonchev–Trinajstić information content (AvgIpc) is 3.38. The number of hydrogen-bond donors (Lipinski definition) is 0. The van der Waals surface area contributed by atoms with Crippen LogP contribution in [0.5, 0.6) is 0 Å². The summed E-state index contributed by atoms with van der Waals surface area (Å²) in [5, 5.41) is 0. The van der Waals surface area contributed by atoms with Gasteiger partial charge in [0.15, 0.2) is 14.0 Å². The molecule has 2 aliphatic heterocycles. The fourth-order valence-electron chi connectivity index (χ4n) is 6.94. The van der Waals surface area contributed by atoms with Crippen molar-refractivity contribution in [2.24, 2.45) is 0 Å². The van der Waals surface area contributed by atoms with Gasteiger partial charge in [0.25, 0.3) is 0 Å². The maximum Gasteiger partial charge on any atom is 0.334 e. The lowest BCUT2D eigenvalue weighted by molar-refractivity contribution is -0.437. The van der Waals surface area contributed by atoms with Gasteiger partial charge < -0.3 is 27.3 Å². The van der Waals surface area contributed by atoms with E-state index in [-0.39, 0.29) is 9.79 Å². The van der Waals surface area contributed by atoms with Gasteiger partial charge in [0.2, 0.25) is 5.69 Å². The van der Waals surface area contributed by atoms with E-state index < -0.39 is 47.9 Å². The lowest BCUT2D eigenvalue weighted by Gasteiger charge is -2.28. The summed E-state index contributed by atoms with van der Waals surface area (Å²) in [6.07, 6.45) is 7.63.